The maximum atomic E-state index is 14.8. The highest BCUT2D eigenvalue weighted by Gasteiger charge is 2.31. The summed E-state index contributed by atoms with van der Waals surface area (Å²) in [6, 6.07) is 3.92. The number of allylic oxidation sites excluding steroid dienone is 1. The molecule has 1 aromatic carbocycles. The maximum Gasteiger partial charge on any atom is 0.266 e. The van der Waals surface area contributed by atoms with Crippen LogP contribution < -0.4 is 9.46 Å². The fourth-order valence-corrected chi connectivity index (χ4v) is 4.91. The van der Waals surface area contributed by atoms with Crippen LogP contribution in [-0.4, -0.2) is 37.8 Å². The number of H-pyrrole nitrogens is 1. The van der Waals surface area contributed by atoms with Crippen LogP contribution in [0.2, 0.25) is 5.02 Å². The number of aromatic amines is 1. The first-order valence-corrected chi connectivity index (χ1v) is 11.5. The third-order valence-electron chi connectivity index (χ3n) is 4.97. The summed E-state index contributed by atoms with van der Waals surface area (Å²) >= 11 is 6.28. The van der Waals surface area contributed by atoms with Gasteiger partial charge in [-0.15, -0.1) is 0 Å². The molecule has 1 fully saturated rings. The second-order valence-corrected chi connectivity index (χ2v) is 9.04. The van der Waals surface area contributed by atoms with Crippen molar-refractivity contribution in [1.29, 1.82) is 0 Å². The molecule has 0 amide bonds. The van der Waals surface area contributed by atoms with Gasteiger partial charge in [-0.05, 0) is 51.1 Å². The molecule has 3 rings (SSSR count). The molecule has 0 bridgehead atoms. The number of benzene rings is 1. The van der Waals surface area contributed by atoms with Crippen LogP contribution in [0.4, 0.5) is 4.39 Å². The molecule has 0 saturated heterocycles. The number of hydrogen-bond donors (Lipinski definition) is 2. The van der Waals surface area contributed by atoms with E-state index in [1.165, 1.54) is 6.08 Å². The molecule has 31 heavy (non-hydrogen) atoms. The molecule has 1 aromatic heterocycles. The number of hydrogen-bond acceptors (Lipinski definition) is 5. The zero-order valence-corrected chi connectivity index (χ0v) is 18.5. The number of rotatable bonds is 8. The highest BCUT2D eigenvalue weighted by Crippen LogP contribution is 2.38. The summed E-state index contributed by atoms with van der Waals surface area (Å²) in [7, 11) is -4.27. The van der Waals surface area contributed by atoms with Crippen LogP contribution in [-0.2, 0) is 10.0 Å². The largest absolute Gasteiger partial charge is 0.488 e. The van der Waals surface area contributed by atoms with E-state index in [9.17, 15) is 12.8 Å². The molecule has 1 heterocycles. The van der Waals surface area contributed by atoms with E-state index < -0.39 is 20.7 Å². The summed E-state index contributed by atoms with van der Waals surface area (Å²) in [6.07, 6.45) is 7.59. The topological polar surface area (TPSA) is 109 Å². The summed E-state index contributed by atoms with van der Waals surface area (Å²) in [5, 5.41) is 6.95. The maximum absolute atomic E-state index is 14.8. The van der Waals surface area contributed by atoms with E-state index in [1.54, 1.807) is 13.1 Å². The van der Waals surface area contributed by atoms with Gasteiger partial charge >= 0.3 is 0 Å². The molecular formula is C20H23ClFN5O3S. The van der Waals surface area contributed by atoms with Gasteiger partial charge in [0.1, 0.15) is 34.7 Å². The lowest BCUT2D eigenvalue weighted by Crippen LogP contribution is -2.29. The van der Waals surface area contributed by atoms with Gasteiger partial charge in [0.05, 0.1) is 5.02 Å². The monoisotopic (exact) mass is 467 g/mol. The van der Waals surface area contributed by atoms with Crippen LogP contribution in [0, 0.1) is 5.82 Å². The van der Waals surface area contributed by atoms with Gasteiger partial charge in [0.2, 0.25) is 0 Å². The van der Waals surface area contributed by atoms with Crippen molar-refractivity contribution in [2.24, 2.45) is 9.98 Å². The minimum Gasteiger partial charge on any atom is -0.488 e. The van der Waals surface area contributed by atoms with E-state index in [1.807, 2.05) is 6.07 Å². The van der Waals surface area contributed by atoms with E-state index in [-0.39, 0.29) is 28.6 Å². The van der Waals surface area contributed by atoms with Crippen molar-refractivity contribution < 1.29 is 17.5 Å². The second-order valence-electron chi connectivity index (χ2n) is 6.98. The predicted molar refractivity (Wildman–Crippen MR) is 118 cm³/mol. The fourth-order valence-electron chi connectivity index (χ4n) is 3.49. The van der Waals surface area contributed by atoms with Gasteiger partial charge < -0.3 is 4.74 Å². The molecule has 2 atom stereocenters. The molecule has 0 aliphatic heterocycles. The molecule has 0 unspecified atom stereocenters. The predicted octanol–water partition coefficient (Wildman–Crippen LogP) is 4.18. The normalized spacial score (nSPS) is 20.0. The molecule has 0 spiro atoms. The van der Waals surface area contributed by atoms with Gasteiger partial charge in [-0.2, -0.15) is 5.10 Å². The first kappa shape index (κ1) is 23.0. The lowest BCUT2D eigenvalue weighted by molar-refractivity contribution is 0.128. The molecular weight excluding hydrogens is 445 g/mol. The highest BCUT2D eigenvalue weighted by molar-refractivity contribution is 7.89. The Morgan fingerprint density at radius 3 is 2.87 bits per heavy atom. The van der Waals surface area contributed by atoms with Gasteiger partial charge in [-0.25, -0.2) is 17.8 Å². The number of nitrogens with zero attached hydrogens (tertiary/aromatic N) is 3. The van der Waals surface area contributed by atoms with Crippen molar-refractivity contribution in [1.82, 2.24) is 14.9 Å². The number of halogens is 2. The minimum absolute atomic E-state index is 0.00556. The van der Waals surface area contributed by atoms with Gasteiger partial charge in [-0.1, -0.05) is 18.0 Å². The van der Waals surface area contributed by atoms with Crippen LogP contribution in [0.5, 0.6) is 5.75 Å². The van der Waals surface area contributed by atoms with Crippen LogP contribution in [0.1, 0.15) is 44.2 Å². The van der Waals surface area contributed by atoms with Gasteiger partial charge in [0.25, 0.3) is 10.0 Å². The smallest absolute Gasteiger partial charge is 0.266 e. The van der Waals surface area contributed by atoms with Crippen LogP contribution in [0.15, 0.2) is 51.2 Å². The fraction of sp³-hybridized carbons (Fsp3) is 0.350. The number of aliphatic imine (C=N–C) groups is 2. The second kappa shape index (κ2) is 10.1. The standard InChI is InChI=1S/C20H23ClFN5O3S/c1-3-20(24-12-23-2)27-31(28,29)19-10-14(21)18(11-15(19)22)30-17-7-5-4-6-13(17)16-8-9-25-26-16/h3,8-13,17,27H,2,4-7H2,1H3,(H,25,26)/b20-3+,24-12?/t13-,17+/m0/s1. The summed E-state index contributed by atoms with van der Waals surface area (Å²) < 4.78 is 48.3. The van der Waals surface area contributed by atoms with Crippen molar-refractivity contribution in [3.63, 3.8) is 0 Å². The summed E-state index contributed by atoms with van der Waals surface area (Å²) in [5.74, 6) is -0.862. The first-order valence-electron chi connectivity index (χ1n) is 9.68. The number of sulfonamides is 1. The molecule has 1 aliphatic carbocycles. The Hall–Kier alpha value is -2.72. The van der Waals surface area contributed by atoms with Crippen LogP contribution >= 0.6 is 11.6 Å². The van der Waals surface area contributed by atoms with E-state index in [4.69, 9.17) is 16.3 Å². The first-order chi connectivity index (χ1) is 14.9. The Labute approximate surface area is 185 Å². The van der Waals surface area contributed by atoms with Crippen LogP contribution in [0.3, 0.4) is 0 Å². The Kier molecular flexibility index (Phi) is 7.45. The molecule has 2 aromatic rings. The van der Waals surface area contributed by atoms with Crippen molar-refractivity contribution >= 4 is 34.7 Å². The number of aromatic nitrogens is 2. The zero-order valence-electron chi connectivity index (χ0n) is 16.9. The average molecular weight is 468 g/mol. The Morgan fingerprint density at radius 2 is 2.19 bits per heavy atom. The van der Waals surface area contributed by atoms with E-state index in [2.05, 4.69) is 31.6 Å². The molecule has 2 N–H and O–H groups in total. The Balaban J connectivity index is 1.84. The third kappa shape index (κ3) is 5.50. The highest BCUT2D eigenvalue weighted by atomic mass is 35.5. The van der Waals surface area contributed by atoms with Gasteiger partial charge in [0, 0.05) is 23.9 Å². The van der Waals surface area contributed by atoms with Crippen molar-refractivity contribution in [3.05, 3.63) is 52.8 Å². The minimum atomic E-state index is -4.27. The molecule has 1 saturated carbocycles. The lowest BCUT2D eigenvalue weighted by atomic mass is 9.84. The lowest BCUT2D eigenvalue weighted by Gasteiger charge is -2.31. The molecule has 11 heteroatoms. The van der Waals surface area contributed by atoms with Crippen molar-refractivity contribution in [3.8, 4) is 5.75 Å². The molecule has 1 aliphatic rings. The van der Waals surface area contributed by atoms with Crippen molar-refractivity contribution in [2.75, 3.05) is 0 Å². The van der Waals surface area contributed by atoms with E-state index >= 15 is 0 Å². The molecule has 166 valence electrons. The summed E-state index contributed by atoms with van der Waals surface area (Å²) in [5.41, 5.74) is 0.943. The third-order valence-corrected chi connectivity index (χ3v) is 6.63. The zero-order chi connectivity index (χ0) is 22.4. The number of ether oxygens (including phenoxy) is 1. The SMILES string of the molecule is C=NC=N/C(=C\C)NS(=O)(=O)c1cc(Cl)c(O[C@@H]2CCCC[C@H]2c2ccn[nH]2)cc1F. The van der Waals surface area contributed by atoms with E-state index in [0.29, 0.717) is 0 Å². The Bertz CT molecular complexity index is 1090. The van der Waals surface area contributed by atoms with E-state index in [0.717, 1.165) is 49.8 Å². The number of nitrogens with one attached hydrogen (secondary N) is 2. The summed E-state index contributed by atoms with van der Waals surface area (Å²) in [4.78, 5) is 6.58. The van der Waals surface area contributed by atoms with Crippen molar-refractivity contribution in [2.45, 2.75) is 49.5 Å². The quantitative estimate of drug-likeness (QED) is 0.448. The van der Waals surface area contributed by atoms with Gasteiger partial charge in [-0.3, -0.25) is 14.8 Å². The van der Waals surface area contributed by atoms with Crippen LogP contribution in [0.25, 0.3) is 0 Å². The Morgan fingerprint density at radius 1 is 1.42 bits per heavy atom. The van der Waals surface area contributed by atoms with Gasteiger partial charge in [0.15, 0.2) is 0 Å². The average Bonchev–Trinajstić information content (AvgIpc) is 3.28. The molecule has 8 nitrogen and oxygen atoms in total. The molecule has 0 radical (unpaired) electrons. The summed E-state index contributed by atoms with van der Waals surface area (Å²) in [6.45, 7) is 4.79.